The molecule has 1 aromatic carbocycles. The van der Waals surface area contributed by atoms with Gasteiger partial charge in [-0.3, -0.25) is 13.9 Å². The Morgan fingerprint density at radius 1 is 1.33 bits per heavy atom. The van der Waals surface area contributed by atoms with E-state index >= 15 is 0 Å². The molecule has 0 atom stereocenters. The van der Waals surface area contributed by atoms with Crippen molar-refractivity contribution in [3.05, 3.63) is 23.8 Å². The van der Waals surface area contributed by atoms with Gasteiger partial charge in [-0.1, -0.05) is 0 Å². The second-order valence-corrected chi connectivity index (χ2v) is 6.59. The van der Waals surface area contributed by atoms with Gasteiger partial charge in [0.15, 0.2) is 5.78 Å². The molecule has 1 aliphatic rings. The molecule has 7 nitrogen and oxygen atoms in total. The minimum Gasteiger partial charge on any atom is -0.489 e. The number of anilines is 1. The Morgan fingerprint density at radius 3 is 2.67 bits per heavy atom. The average Bonchev–Trinajstić information content (AvgIpc) is 2.42. The summed E-state index contributed by atoms with van der Waals surface area (Å²) in [5.74, 6) is -1.01. The molecule has 8 heteroatoms. The largest absolute Gasteiger partial charge is 0.489 e. The molecular formula is C13H15NO6S. The molecule has 0 saturated heterocycles. The van der Waals surface area contributed by atoms with Crippen molar-refractivity contribution in [3.63, 3.8) is 0 Å². The summed E-state index contributed by atoms with van der Waals surface area (Å²) in [6.45, 7) is 0.422. The topological polar surface area (TPSA) is 101 Å². The summed E-state index contributed by atoms with van der Waals surface area (Å²) in [7, 11) is -3.46. The molecule has 0 radical (unpaired) electrons. The van der Waals surface area contributed by atoms with Crippen molar-refractivity contribution >= 4 is 27.5 Å². The molecule has 21 heavy (non-hydrogen) atoms. The third-order valence-electron chi connectivity index (χ3n) is 3.07. The lowest BCUT2D eigenvalue weighted by molar-refractivity contribution is -0.136. The van der Waals surface area contributed by atoms with Gasteiger partial charge in [-0.2, -0.15) is 0 Å². The molecule has 114 valence electrons. The Labute approximate surface area is 122 Å². The quantitative estimate of drug-likeness (QED) is 0.810. The molecule has 0 unspecified atom stereocenters. The van der Waals surface area contributed by atoms with Crippen molar-refractivity contribution in [1.82, 2.24) is 0 Å². The van der Waals surface area contributed by atoms with Gasteiger partial charge in [0.05, 0.1) is 24.9 Å². The second-order valence-electron chi connectivity index (χ2n) is 4.68. The molecule has 0 amide bonds. The van der Waals surface area contributed by atoms with Crippen LogP contribution in [0.25, 0.3) is 0 Å². The number of aliphatic carboxylic acids is 1. The zero-order valence-electron chi connectivity index (χ0n) is 11.4. The fraction of sp³-hybridized carbons (Fsp3) is 0.385. The van der Waals surface area contributed by atoms with Gasteiger partial charge in [0.1, 0.15) is 12.4 Å². The normalized spacial score (nSPS) is 14.2. The lowest BCUT2D eigenvalue weighted by atomic mass is 10.1. The molecule has 1 heterocycles. The number of hydrogen-bond donors (Lipinski definition) is 1. The molecule has 0 bridgehead atoms. The third kappa shape index (κ3) is 3.52. The number of benzene rings is 1. The number of Topliss-reactive ketones (excluding diaryl/α,β-unsaturated/α-hetero) is 1. The van der Waals surface area contributed by atoms with Crippen LogP contribution in [0.3, 0.4) is 0 Å². The van der Waals surface area contributed by atoms with E-state index in [1.54, 1.807) is 0 Å². The number of carboxylic acid groups (broad SMARTS) is 1. The summed E-state index contributed by atoms with van der Waals surface area (Å²) < 4.78 is 30.1. The highest BCUT2D eigenvalue weighted by Gasteiger charge is 2.26. The number of fused-ring (bicyclic) bond motifs is 1. The van der Waals surface area contributed by atoms with Crippen molar-refractivity contribution in [2.45, 2.75) is 12.8 Å². The number of nitrogens with zero attached hydrogens (tertiary/aromatic N) is 1. The van der Waals surface area contributed by atoms with Crippen LogP contribution in [0.15, 0.2) is 18.2 Å². The fourth-order valence-corrected chi connectivity index (χ4v) is 2.98. The maximum atomic E-state index is 11.9. The predicted molar refractivity (Wildman–Crippen MR) is 75.3 cm³/mol. The summed E-state index contributed by atoms with van der Waals surface area (Å²) in [4.78, 5) is 22.4. The Balaban J connectivity index is 2.32. The Bertz CT molecular complexity index is 682. The van der Waals surface area contributed by atoms with Crippen molar-refractivity contribution in [3.8, 4) is 5.75 Å². The number of carbonyl (C=O) groups excluding carboxylic acids is 1. The summed E-state index contributed by atoms with van der Waals surface area (Å²) in [6.07, 6.45) is 0.692. The lowest BCUT2D eigenvalue weighted by Gasteiger charge is -2.29. The molecule has 0 fully saturated rings. The van der Waals surface area contributed by atoms with Crippen molar-refractivity contribution in [2.75, 3.05) is 23.7 Å². The van der Waals surface area contributed by atoms with E-state index in [1.165, 1.54) is 22.5 Å². The average molecular weight is 313 g/mol. The van der Waals surface area contributed by atoms with Crippen LogP contribution in [0.4, 0.5) is 5.69 Å². The van der Waals surface area contributed by atoms with Crippen molar-refractivity contribution < 1.29 is 27.9 Å². The zero-order chi connectivity index (χ0) is 15.6. The van der Waals surface area contributed by atoms with Crippen LogP contribution < -0.4 is 9.04 Å². The van der Waals surface area contributed by atoms with Gasteiger partial charge in [-0.05, 0) is 18.2 Å². The fourth-order valence-electron chi connectivity index (χ4n) is 2.08. The number of rotatable bonds is 5. The first-order valence-corrected chi connectivity index (χ1v) is 8.13. The van der Waals surface area contributed by atoms with Crippen LogP contribution in [-0.2, 0) is 14.8 Å². The zero-order valence-corrected chi connectivity index (χ0v) is 12.2. The minimum absolute atomic E-state index is 0.131. The highest BCUT2D eigenvalue weighted by Crippen LogP contribution is 2.34. The van der Waals surface area contributed by atoms with E-state index in [-0.39, 0.29) is 37.3 Å². The summed E-state index contributed by atoms with van der Waals surface area (Å²) in [5.41, 5.74) is 0.582. The van der Waals surface area contributed by atoms with Gasteiger partial charge in [0.2, 0.25) is 10.0 Å². The van der Waals surface area contributed by atoms with Crippen LogP contribution in [-0.4, -0.2) is 44.7 Å². The maximum Gasteiger partial charge on any atom is 0.303 e. The lowest BCUT2D eigenvalue weighted by Crippen LogP contribution is -2.37. The van der Waals surface area contributed by atoms with Gasteiger partial charge < -0.3 is 9.84 Å². The minimum atomic E-state index is -3.46. The van der Waals surface area contributed by atoms with Crippen LogP contribution in [0.2, 0.25) is 0 Å². The Morgan fingerprint density at radius 2 is 2.05 bits per heavy atom. The van der Waals surface area contributed by atoms with E-state index in [2.05, 4.69) is 0 Å². The Kier molecular flexibility index (Phi) is 4.17. The first kappa shape index (κ1) is 15.3. The summed E-state index contributed by atoms with van der Waals surface area (Å²) in [5, 5.41) is 8.59. The van der Waals surface area contributed by atoms with Gasteiger partial charge >= 0.3 is 5.97 Å². The van der Waals surface area contributed by atoms with Gasteiger partial charge in [-0.15, -0.1) is 0 Å². The highest BCUT2D eigenvalue weighted by molar-refractivity contribution is 7.92. The molecule has 0 aliphatic carbocycles. The van der Waals surface area contributed by atoms with Gasteiger partial charge in [0, 0.05) is 12.0 Å². The maximum absolute atomic E-state index is 11.9. The van der Waals surface area contributed by atoms with E-state index in [1.807, 2.05) is 0 Å². The number of ether oxygens (including phenoxy) is 1. The van der Waals surface area contributed by atoms with Crippen molar-refractivity contribution in [2.24, 2.45) is 0 Å². The Hall–Kier alpha value is -2.09. The molecule has 0 spiro atoms. The standard InChI is InChI=1S/C13H15NO6S/c1-21(18,19)14-6-7-20-12-4-2-9(8-10(12)14)11(15)3-5-13(16)17/h2,4,8H,3,5-7H2,1H3,(H,16,17). The van der Waals surface area contributed by atoms with E-state index in [0.717, 1.165) is 6.26 Å². The first-order chi connectivity index (χ1) is 9.79. The van der Waals surface area contributed by atoms with Crippen LogP contribution in [0, 0.1) is 0 Å². The molecule has 1 aliphatic heterocycles. The SMILES string of the molecule is CS(=O)(=O)N1CCOc2ccc(C(=O)CCC(=O)O)cc21. The van der Waals surface area contributed by atoms with E-state index in [0.29, 0.717) is 11.4 Å². The number of hydrogen-bond acceptors (Lipinski definition) is 5. The number of carboxylic acids is 1. The molecule has 0 aromatic heterocycles. The number of sulfonamides is 1. The highest BCUT2D eigenvalue weighted by atomic mass is 32.2. The molecule has 1 aromatic rings. The number of ketones is 1. The smallest absolute Gasteiger partial charge is 0.303 e. The number of carbonyl (C=O) groups is 2. The molecular weight excluding hydrogens is 298 g/mol. The second kappa shape index (κ2) is 5.72. The van der Waals surface area contributed by atoms with E-state index in [4.69, 9.17) is 9.84 Å². The molecule has 0 saturated carbocycles. The van der Waals surface area contributed by atoms with Gasteiger partial charge in [-0.25, -0.2) is 8.42 Å². The molecule has 2 rings (SSSR count). The monoisotopic (exact) mass is 313 g/mol. The predicted octanol–water partition coefficient (Wildman–Crippen LogP) is 0.892. The van der Waals surface area contributed by atoms with Crippen LogP contribution >= 0.6 is 0 Å². The van der Waals surface area contributed by atoms with Crippen LogP contribution in [0.5, 0.6) is 5.75 Å². The van der Waals surface area contributed by atoms with E-state index in [9.17, 15) is 18.0 Å². The third-order valence-corrected chi connectivity index (χ3v) is 4.25. The summed E-state index contributed by atoms with van der Waals surface area (Å²) >= 11 is 0. The van der Waals surface area contributed by atoms with E-state index < -0.39 is 16.0 Å². The van der Waals surface area contributed by atoms with Crippen molar-refractivity contribution in [1.29, 1.82) is 0 Å². The van der Waals surface area contributed by atoms with Crippen LogP contribution in [0.1, 0.15) is 23.2 Å². The first-order valence-electron chi connectivity index (χ1n) is 6.28. The summed E-state index contributed by atoms with van der Waals surface area (Å²) in [6, 6.07) is 4.47. The molecule has 1 N–H and O–H groups in total. The van der Waals surface area contributed by atoms with Gasteiger partial charge in [0.25, 0.3) is 0 Å².